The highest BCUT2D eigenvalue weighted by Gasteiger charge is 2.29. The van der Waals surface area contributed by atoms with Crippen molar-refractivity contribution in [2.75, 3.05) is 19.3 Å². The fraction of sp³-hybridized carbons (Fsp3) is 1.00. The average Bonchev–Trinajstić information content (AvgIpc) is 2.45. The zero-order valence-corrected chi connectivity index (χ0v) is 11.4. The topological polar surface area (TPSA) is 46.2 Å². The molecule has 1 N–H and O–H groups in total. The SMILES string of the molecule is CCNCC(C1CCCCCC1)S(C)(=O)=O. The average molecular weight is 247 g/mol. The first-order valence-electron chi connectivity index (χ1n) is 6.45. The summed E-state index contributed by atoms with van der Waals surface area (Å²) in [5.41, 5.74) is 0. The van der Waals surface area contributed by atoms with Crippen molar-refractivity contribution in [1.82, 2.24) is 5.32 Å². The summed E-state index contributed by atoms with van der Waals surface area (Å²) in [6.45, 7) is 3.49. The summed E-state index contributed by atoms with van der Waals surface area (Å²) in [6, 6.07) is 0. The minimum absolute atomic E-state index is 0.175. The molecule has 0 heterocycles. The Morgan fingerprint density at radius 1 is 1.19 bits per heavy atom. The Morgan fingerprint density at radius 3 is 2.19 bits per heavy atom. The molecule has 96 valence electrons. The largest absolute Gasteiger partial charge is 0.316 e. The Labute approximate surface area is 99.9 Å². The van der Waals surface area contributed by atoms with Crippen LogP contribution in [-0.2, 0) is 9.84 Å². The number of hydrogen-bond acceptors (Lipinski definition) is 3. The van der Waals surface area contributed by atoms with E-state index in [0.717, 1.165) is 19.4 Å². The fourth-order valence-corrected chi connectivity index (χ4v) is 4.03. The van der Waals surface area contributed by atoms with Crippen molar-refractivity contribution >= 4 is 9.84 Å². The fourth-order valence-electron chi connectivity index (χ4n) is 2.64. The summed E-state index contributed by atoms with van der Waals surface area (Å²) < 4.78 is 23.6. The third-order valence-corrected chi connectivity index (χ3v) is 5.22. The van der Waals surface area contributed by atoms with Crippen LogP contribution >= 0.6 is 0 Å². The highest BCUT2D eigenvalue weighted by atomic mass is 32.2. The lowest BCUT2D eigenvalue weighted by atomic mass is 9.96. The molecule has 0 aromatic heterocycles. The Morgan fingerprint density at radius 2 is 1.75 bits per heavy atom. The molecule has 1 atom stereocenters. The maximum Gasteiger partial charge on any atom is 0.151 e. The van der Waals surface area contributed by atoms with Gasteiger partial charge in [0.2, 0.25) is 0 Å². The lowest BCUT2D eigenvalue weighted by Crippen LogP contribution is -2.38. The molecule has 16 heavy (non-hydrogen) atoms. The predicted molar refractivity (Wildman–Crippen MR) is 68.4 cm³/mol. The Balaban J connectivity index is 2.66. The molecule has 1 saturated carbocycles. The van der Waals surface area contributed by atoms with Crippen LogP contribution in [0, 0.1) is 5.92 Å². The van der Waals surface area contributed by atoms with Gasteiger partial charge in [-0.1, -0.05) is 32.6 Å². The van der Waals surface area contributed by atoms with E-state index in [-0.39, 0.29) is 5.25 Å². The van der Waals surface area contributed by atoms with Gasteiger partial charge in [-0.25, -0.2) is 8.42 Å². The van der Waals surface area contributed by atoms with Crippen molar-refractivity contribution in [1.29, 1.82) is 0 Å². The van der Waals surface area contributed by atoms with E-state index in [1.807, 2.05) is 6.92 Å². The second kappa shape index (κ2) is 6.60. The first-order chi connectivity index (χ1) is 7.55. The van der Waals surface area contributed by atoms with Crippen LogP contribution in [0.15, 0.2) is 0 Å². The second-order valence-corrected chi connectivity index (χ2v) is 7.19. The van der Waals surface area contributed by atoms with Crippen LogP contribution in [0.3, 0.4) is 0 Å². The van der Waals surface area contributed by atoms with Gasteiger partial charge in [-0.15, -0.1) is 0 Å². The summed E-state index contributed by atoms with van der Waals surface area (Å²) in [7, 11) is -2.92. The summed E-state index contributed by atoms with van der Waals surface area (Å²) in [5, 5.41) is 3.02. The second-order valence-electron chi connectivity index (χ2n) is 4.93. The molecule has 1 rings (SSSR count). The lowest BCUT2D eigenvalue weighted by molar-refractivity contribution is 0.412. The molecule has 0 spiro atoms. The van der Waals surface area contributed by atoms with Crippen molar-refractivity contribution in [2.24, 2.45) is 5.92 Å². The number of rotatable bonds is 5. The number of sulfone groups is 1. The normalized spacial score (nSPS) is 21.6. The van der Waals surface area contributed by atoms with Crippen LogP contribution in [-0.4, -0.2) is 33.0 Å². The van der Waals surface area contributed by atoms with E-state index in [0.29, 0.717) is 12.5 Å². The third-order valence-electron chi connectivity index (χ3n) is 3.57. The molecule has 0 saturated heterocycles. The summed E-state index contributed by atoms with van der Waals surface area (Å²) in [5.74, 6) is 0.372. The molecule has 0 amide bonds. The Hall–Kier alpha value is -0.0900. The molecule has 0 aromatic carbocycles. The van der Waals surface area contributed by atoms with Crippen molar-refractivity contribution in [3.05, 3.63) is 0 Å². The van der Waals surface area contributed by atoms with E-state index in [1.165, 1.54) is 31.9 Å². The van der Waals surface area contributed by atoms with Crippen LogP contribution in [0.5, 0.6) is 0 Å². The molecule has 1 aliphatic carbocycles. The maximum absolute atomic E-state index is 11.8. The molecular weight excluding hydrogens is 222 g/mol. The summed E-state index contributed by atoms with van der Waals surface area (Å²) in [6.07, 6.45) is 8.50. The molecule has 0 radical (unpaired) electrons. The van der Waals surface area contributed by atoms with E-state index < -0.39 is 9.84 Å². The van der Waals surface area contributed by atoms with Gasteiger partial charge in [0.1, 0.15) is 0 Å². The van der Waals surface area contributed by atoms with E-state index in [1.54, 1.807) is 0 Å². The van der Waals surface area contributed by atoms with Crippen molar-refractivity contribution in [3.63, 3.8) is 0 Å². The third kappa shape index (κ3) is 4.42. The van der Waals surface area contributed by atoms with Crippen LogP contribution in [0.25, 0.3) is 0 Å². The Kier molecular flexibility index (Phi) is 5.76. The molecule has 0 bridgehead atoms. The summed E-state index contributed by atoms with van der Waals surface area (Å²) in [4.78, 5) is 0. The first-order valence-corrected chi connectivity index (χ1v) is 8.40. The molecule has 0 aliphatic heterocycles. The van der Waals surface area contributed by atoms with Gasteiger partial charge in [-0.2, -0.15) is 0 Å². The van der Waals surface area contributed by atoms with E-state index in [2.05, 4.69) is 5.32 Å². The van der Waals surface area contributed by atoms with Crippen molar-refractivity contribution < 1.29 is 8.42 Å². The lowest BCUT2D eigenvalue weighted by Gasteiger charge is -2.24. The van der Waals surface area contributed by atoms with Gasteiger partial charge in [0, 0.05) is 12.8 Å². The maximum atomic E-state index is 11.8. The van der Waals surface area contributed by atoms with E-state index in [4.69, 9.17) is 0 Å². The quantitative estimate of drug-likeness (QED) is 0.756. The molecule has 1 fully saturated rings. The van der Waals surface area contributed by atoms with Crippen molar-refractivity contribution in [2.45, 2.75) is 50.7 Å². The molecule has 3 nitrogen and oxygen atoms in total. The van der Waals surface area contributed by atoms with Gasteiger partial charge in [0.15, 0.2) is 9.84 Å². The van der Waals surface area contributed by atoms with Gasteiger partial charge in [-0.05, 0) is 25.3 Å². The van der Waals surface area contributed by atoms with Crippen molar-refractivity contribution in [3.8, 4) is 0 Å². The van der Waals surface area contributed by atoms with Crippen LogP contribution in [0.1, 0.15) is 45.4 Å². The molecule has 1 unspecified atom stereocenters. The first kappa shape index (κ1) is 14.0. The van der Waals surface area contributed by atoms with E-state index >= 15 is 0 Å². The van der Waals surface area contributed by atoms with Crippen LogP contribution < -0.4 is 5.32 Å². The molecule has 1 aliphatic rings. The van der Waals surface area contributed by atoms with Gasteiger partial charge < -0.3 is 5.32 Å². The zero-order chi connectivity index (χ0) is 12.0. The molecular formula is C12H25NO2S. The van der Waals surface area contributed by atoms with Gasteiger partial charge in [0.25, 0.3) is 0 Å². The van der Waals surface area contributed by atoms with Gasteiger partial charge >= 0.3 is 0 Å². The van der Waals surface area contributed by atoms with Gasteiger partial charge in [-0.3, -0.25) is 0 Å². The van der Waals surface area contributed by atoms with Gasteiger partial charge in [0.05, 0.1) is 5.25 Å². The van der Waals surface area contributed by atoms with Crippen LogP contribution in [0.2, 0.25) is 0 Å². The Bertz CT molecular complexity index is 279. The highest BCUT2D eigenvalue weighted by Crippen LogP contribution is 2.28. The zero-order valence-electron chi connectivity index (χ0n) is 10.5. The molecule has 0 aromatic rings. The minimum atomic E-state index is -2.92. The van der Waals surface area contributed by atoms with E-state index in [9.17, 15) is 8.42 Å². The highest BCUT2D eigenvalue weighted by molar-refractivity contribution is 7.91. The predicted octanol–water partition coefficient (Wildman–Crippen LogP) is 1.98. The smallest absolute Gasteiger partial charge is 0.151 e. The minimum Gasteiger partial charge on any atom is -0.316 e. The molecule has 4 heteroatoms. The number of hydrogen-bond donors (Lipinski definition) is 1. The summed E-state index contributed by atoms with van der Waals surface area (Å²) >= 11 is 0. The standard InChI is InChI=1S/C12H25NO2S/c1-3-13-10-12(16(2,14)15)11-8-6-4-5-7-9-11/h11-13H,3-10H2,1-2H3. The number of nitrogens with one attached hydrogen (secondary N) is 1. The van der Waals surface area contributed by atoms with Crippen LogP contribution in [0.4, 0.5) is 0 Å². The monoisotopic (exact) mass is 247 g/mol.